The molecule has 0 fully saturated rings. The molecule has 1 heterocycles. The van der Waals surface area contributed by atoms with Crippen molar-refractivity contribution in [1.82, 2.24) is 9.55 Å². The number of hydrogen-bond acceptors (Lipinski definition) is 4. The molecule has 0 bridgehead atoms. The fraction of sp³-hybridized carbons (Fsp3) is 0.417. The number of nitrogens with two attached hydrogens (primary N) is 1. The lowest BCUT2D eigenvalue weighted by Gasteiger charge is -2.07. The van der Waals surface area contributed by atoms with Gasteiger partial charge in [-0.15, -0.1) is 0 Å². The van der Waals surface area contributed by atoms with E-state index in [9.17, 15) is 0 Å². The first-order valence-electron chi connectivity index (χ1n) is 5.63. The molecule has 2 aromatic rings. The highest BCUT2D eigenvalue weighted by atomic mass is 16.5. The molecule has 0 spiro atoms. The molecular formula is C12H17N3O2. The molecule has 0 aliphatic heterocycles. The van der Waals surface area contributed by atoms with E-state index in [1.54, 1.807) is 0 Å². The molecule has 0 radical (unpaired) electrons. The van der Waals surface area contributed by atoms with E-state index in [2.05, 4.69) is 9.55 Å². The van der Waals surface area contributed by atoms with Crippen LogP contribution in [0.4, 0.5) is 5.69 Å². The Bertz CT molecular complexity index is 508. The number of hydrogen-bond donors (Lipinski definition) is 2. The summed E-state index contributed by atoms with van der Waals surface area (Å²) in [5.41, 5.74) is 8.41. The summed E-state index contributed by atoms with van der Waals surface area (Å²) in [7, 11) is 0. The van der Waals surface area contributed by atoms with Gasteiger partial charge in [0.2, 0.25) is 0 Å². The number of ether oxygens (including phenoxy) is 1. The lowest BCUT2D eigenvalue weighted by atomic mass is 10.3. The van der Waals surface area contributed by atoms with Crippen LogP contribution < -0.4 is 5.73 Å². The maximum Gasteiger partial charge on any atom is 0.106 e. The van der Waals surface area contributed by atoms with Gasteiger partial charge in [-0.2, -0.15) is 0 Å². The summed E-state index contributed by atoms with van der Waals surface area (Å²) in [6.45, 7) is 3.69. The fourth-order valence-corrected chi connectivity index (χ4v) is 1.87. The molecule has 0 atom stereocenters. The second-order valence-corrected chi connectivity index (χ2v) is 3.89. The number of rotatable bonds is 5. The highest BCUT2D eigenvalue weighted by Crippen LogP contribution is 2.18. The van der Waals surface area contributed by atoms with Gasteiger partial charge in [0.25, 0.3) is 0 Å². The molecule has 92 valence electrons. The van der Waals surface area contributed by atoms with Crippen LogP contribution in [0.3, 0.4) is 0 Å². The van der Waals surface area contributed by atoms with Gasteiger partial charge in [0.15, 0.2) is 0 Å². The van der Waals surface area contributed by atoms with Crippen molar-refractivity contribution in [2.45, 2.75) is 13.5 Å². The van der Waals surface area contributed by atoms with E-state index >= 15 is 0 Å². The van der Waals surface area contributed by atoms with Crippen molar-refractivity contribution in [3.8, 4) is 0 Å². The van der Waals surface area contributed by atoms with E-state index in [1.165, 1.54) is 0 Å². The van der Waals surface area contributed by atoms with Gasteiger partial charge >= 0.3 is 0 Å². The first kappa shape index (κ1) is 11.9. The third kappa shape index (κ3) is 2.57. The van der Waals surface area contributed by atoms with Crippen LogP contribution in [0.25, 0.3) is 11.0 Å². The topological polar surface area (TPSA) is 73.3 Å². The number of nitrogens with zero attached hydrogens (tertiary/aromatic N) is 2. The van der Waals surface area contributed by atoms with E-state index < -0.39 is 0 Å². The van der Waals surface area contributed by atoms with Gasteiger partial charge < -0.3 is 20.1 Å². The van der Waals surface area contributed by atoms with Crippen molar-refractivity contribution >= 4 is 16.7 Å². The average Bonchev–Trinajstić information content (AvgIpc) is 2.60. The lowest BCUT2D eigenvalue weighted by molar-refractivity contribution is 0.0872. The van der Waals surface area contributed by atoms with Crippen LogP contribution in [0.5, 0.6) is 0 Å². The Labute approximate surface area is 99.8 Å². The molecule has 5 nitrogen and oxygen atoms in total. The monoisotopic (exact) mass is 235 g/mol. The maximum absolute atomic E-state index is 8.62. The van der Waals surface area contributed by atoms with E-state index in [4.69, 9.17) is 15.6 Å². The molecule has 0 saturated carbocycles. The Morgan fingerprint density at radius 2 is 2.24 bits per heavy atom. The minimum Gasteiger partial charge on any atom is -0.399 e. The van der Waals surface area contributed by atoms with Crippen molar-refractivity contribution in [2.24, 2.45) is 0 Å². The summed E-state index contributed by atoms with van der Waals surface area (Å²) in [6, 6.07) is 5.71. The van der Waals surface area contributed by atoms with Gasteiger partial charge in [-0.1, -0.05) is 0 Å². The normalized spacial score (nSPS) is 11.2. The van der Waals surface area contributed by atoms with Crippen molar-refractivity contribution < 1.29 is 9.84 Å². The lowest BCUT2D eigenvalue weighted by Crippen LogP contribution is -2.09. The van der Waals surface area contributed by atoms with Crippen LogP contribution in [0, 0.1) is 6.92 Å². The van der Waals surface area contributed by atoms with Crippen LogP contribution in [-0.2, 0) is 11.3 Å². The molecule has 17 heavy (non-hydrogen) atoms. The van der Waals surface area contributed by atoms with E-state index in [1.807, 2.05) is 25.1 Å². The SMILES string of the molecule is Cc1nc2cc(N)ccc2n1CCOCCO. The number of fused-ring (bicyclic) bond motifs is 1. The summed E-state index contributed by atoms with van der Waals surface area (Å²) in [6.07, 6.45) is 0. The Morgan fingerprint density at radius 3 is 3.00 bits per heavy atom. The minimum absolute atomic E-state index is 0.0557. The average molecular weight is 235 g/mol. The fourth-order valence-electron chi connectivity index (χ4n) is 1.87. The number of benzene rings is 1. The number of imidazole rings is 1. The van der Waals surface area contributed by atoms with Crippen LogP contribution in [0.15, 0.2) is 18.2 Å². The summed E-state index contributed by atoms with van der Waals surface area (Å²) in [5.74, 6) is 0.943. The molecule has 0 aliphatic rings. The first-order valence-corrected chi connectivity index (χ1v) is 5.63. The van der Waals surface area contributed by atoms with Crippen molar-refractivity contribution in [2.75, 3.05) is 25.6 Å². The van der Waals surface area contributed by atoms with E-state index in [0.717, 1.165) is 29.1 Å². The molecular weight excluding hydrogens is 218 g/mol. The number of aliphatic hydroxyl groups is 1. The number of aryl methyl sites for hydroxylation is 1. The van der Waals surface area contributed by atoms with Gasteiger partial charge in [-0.3, -0.25) is 0 Å². The molecule has 1 aromatic heterocycles. The number of aliphatic hydroxyl groups excluding tert-OH is 1. The highest BCUT2D eigenvalue weighted by molar-refractivity contribution is 5.79. The predicted molar refractivity (Wildman–Crippen MR) is 66.8 cm³/mol. The first-order chi connectivity index (χ1) is 8.22. The summed E-state index contributed by atoms with van der Waals surface area (Å²) < 4.78 is 7.35. The zero-order chi connectivity index (χ0) is 12.3. The highest BCUT2D eigenvalue weighted by Gasteiger charge is 2.06. The molecule has 0 unspecified atom stereocenters. The third-order valence-corrected chi connectivity index (χ3v) is 2.66. The predicted octanol–water partition coefficient (Wildman–Crippen LogP) is 0.936. The van der Waals surface area contributed by atoms with Gasteiger partial charge in [-0.25, -0.2) is 4.98 Å². The zero-order valence-electron chi connectivity index (χ0n) is 9.89. The van der Waals surface area contributed by atoms with Crippen molar-refractivity contribution in [1.29, 1.82) is 0 Å². The number of aromatic nitrogens is 2. The molecule has 5 heteroatoms. The zero-order valence-corrected chi connectivity index (χ0v) is 9.89. The number of nitrogen functional groups attached to an aromatic ring is 1. The van der Waals surface area contributed by atoms with Crippen molar-refractivity contribution in [3.63, 3.8) is 0 Å². The minimum atomic E-state index is 0.0557. The second-order valence-electron chi connectivity index (χ2n) is 3.89. The Morgan fingerprint density at radius 1 is 1.41 bits per heavy atom. The molecule has 0 aliphatic carbocycles. The van der Waals surface area contributed by atoms with Gasteiger partial charge in [0.05, 0.1) is 30.9 Å². The van der Waals surface area contributed by atoms with Crippen molar-refractivity contribution in [3.05, 3.63) is 24.0 Å². The van der Waals surface area contributed by atoms with Crippen LogP contribution in [0.2, 0.25) is 0 Å². The molecule has 0 saturated heterocycles. The molecule has 2 rings (SSSR count). The Hall–Kier alpha value is -1.59. The van der Waals surface area contributed by atoms with Gasteiger partial charge in [0.1, 0.15) is 5.82 Å². The van der Waals surface area contributed by atoms with Crippen LogP contribution in [-0.4, -0.2) is 34.5 Å². The molecule has 3 N–H and O–H groups in total. The van der Waals surface area contributed by atoms with Crippen LogP contribution in [0.1, 0.15) is 5.82 Å². The van der Waals surface area contributed by atoms with E-state index in [-0.39, 0.29) is 6.61 Å². The maximum atomic E-state index is 8.62. The van der Waals surface area contributed by atoms with Gasteiger partial charge in [-0.05, 0) is 25.1 Å². The molecule has 0 amide bonds. The Kier molecular flexibility index (Phi) is 3.61. The Balaban J connectivity index is 2.18. The van der Waals surface area contributed by atoms with Gasteiger partial charge in [0, 0.05) is 12.2 Å². The van der Waals surface area contributed by atoms with Crippen LogP contribution >= 0.6 is 0 Å². The largest absolute Gasteiger partial charge is 0.399 e. The smallest absolute Gasteiger partial charge is 0.106 e. The summed E-state index contributed by atoms with van der Waals surface area (Å²) in [4.78, 5) is 4.45. The third-order valence-electron chi connectivity index (χ3n) is 2.66. The summed E-state index contributed by atoms with van der Waals surface area (Å²) in [5, 5.41) is 8.62. The quantitative estimate of drug-likeness (QED) is 0.597. The molecule has 1 aromatic carbocycles. The standard InChI is InChI=1S/C12H17N3O2/c1-9-14-11-8-10(13)2-3-12(11)15(9)4-6-17-7-5-16/h2-3,8,16H,4-7,13H2,1H3. The summed E-state index contributed by atoms with van der Waals surface area (Å²) >= 11 is 0. The number of anilines is 1. The second kappa shape index (κ2) is 5.16. The van der Waals surface area contributed by atoms with E-state index in [0.29, 0.717) is 13.2 Å².